The molecule has 1 N–H and O–H groups in total. The van der Waals surface area contributed by atoms with E-state index in [4.69, 9.17) is 0 Å². The van der Waals surface area contributed by atoms with Crippen LogP contribution in [0.2, 0.25) is 0 Å². The van der Waals surface area contributed by atoms with Crippen molar-refractivity contribution >= 4 is 17.7 Å². The number of aryl methyl sites for hydroxylation is 2. The van der Waals surface area contributed by atoms with Gasteiger partial charge in [0.2, 0.25) is 5.91 Å². The summed E-state index contributed by atoms with van der Waals surface area (Å²) in [7, 11) is 0. The molecule has 23 heavy (non-hydrogen) atoms. The third kappa shape index (κ3) is 5.14. The van der Waals surface area contributed by atoms with Gasteiger partial charge >= 0.3 is 0 Å². The summed E-state index contributed by atoms with van der Waals surface area (Å²) >= 11 is 1.67. The van der Waals surface area contributed by atoms with E-state index in [9.17, 15) is 4.79 Å². The number of hydrogen-bond donors (Lipinski definition) is 1. The first-order valence-corrected chi connectivity index (χ1v) is 9.05. The maximum Gasteiger partial charge on any atom is 0.230 e. The molecule has 0 spiro atoms. The first-order chi connectivity index (χ1) is 11.0. The zero-order valence-corrected chi connectivity index (χ0v) is 15.1. The minimum atomic E-state index is 0.0365. The summed E-state index contributed by atoms with van der Waals surface area (Å²) in [5.41, 5.74) is 4.95. The second-order valence-electron chi connectivity index (χ2n) is 6.00. The normalized spacial score (nSPS) is 13.4. The van der Waals surface area contributed by atoms with Gasteiger partial charge in [0.15, 0.2) is 0 Å². The highest BCUT2D eigenvalue weighted by atomic mass is 32.2. The molecule has 0 saturated carbocycles. The van der Waals surface area contributed by atoms with Crippen LogP contribution in [-0.2, 0) is 4.79 Å². The van der Waals surface area contributed by atoms with Gasteiger partial charge in [-0.3, -0.25) is 4.79 Å². The second-order valence-corrected chi connectivity index (χ2v) is 7.33. The van der Waals surface area contributed by atoms with Crippen molar-refractivity contribution in [1.29, 1.82) is 0 Å². The van der Waals surface area contributed by atoms with Gasteiger partial charge in [-0.15, -0.1) is 11.8 Å². The Balaban J connectivity index is 1.85. The molecule has 0 saturated heterocycles. The third-order valence-electron chi connectivity index (χ3n) is 4.14. The molecule has 3 heteroatoms. The lowest BCUT2D eigenvalue weighted by Gasteiger charge is -2.17. The Morgan fingerprint density at radius 1 is 1.00 bits per heavy atom. The Labute approximate surface area is 143 Å². The van der Waals surface area contributed by atoms with Crippen LogP contribution in [0, 0.1) is 13.8 Å². The standard InChI is InChI=1S/C20H25NOS/c1-14-10-11-19(12-15(14)2)16(3)21-20(22)13-23-17(4)18-8-6-5-7-9-18/h5-12,16-17H,13H2,1-4H3,(H,21,22)/t16-,17-/m0/s1. The molecule has 0 aliphatic carbocycles. The van der Waals surface area contributed by atoms with Gasteiger partial charge in [-0.05, 0) is 49.9 Å². The van der Waals surface area contributed by atoms with Gasteiger partial charge in [0.1, 0.15) is 0 Å². The van der Waals surface area contributed by atoms with Crippen molar-refractivity contribution < 1.29 is 4.79 Å². The van der Waals surface area contributed by atoms with Crippen LogP contribution < -0.4 is 5.32 Å². The van der Waals surface area contributed by atoms with Crippen LogP contribution in [0.25, 0.3) is 0 Å². The predicted octanol–water partition coefficient (Wildman–Crippen LogP) is 4.98. The number of rotatable bonds is 6. The average Bonchev–Trinajstić information content (AvgIpc) is 2.55. The number of carbonyl (C=O) groups is 1. The molecule has 0 aliphatic heterocycles. The third-order valence-corrected chi connectivity index (χ3v) is 5.34. The highest BCUT2D eigenvalue weighted by Crippen LogP contribution is 2.27. The number of amides is 1. The molecule has 0 radical (unpaired) electrons. The molecule has 2 nitrogen and oxygen atoms in total. The van der Waals surface area contributed by atoms with E-state index >= 15 is 0 Å². The molecule has 1 amide bonds. The molecule has 2 aromatic rings. The van der Waals surface area contributed by atoms with E-state index in [1.807, 2.05) is 25.1 Å². The SMILES string of the molecule is Cc1ccc([C@H](C)NC(=O)CS[C@@H](C)c2ccccc2)cc1C. The lowest BCUT2D eigenvalue weighted by molar-refractivity contribution is -0.119. The summed E-state index contributed by atoms with van der Waals surface area (Å²) in [4.78, 5) is 12.2. The molecule has 2 aromatic carbocycles. The molecule has 0 aliphatic rings. The van der Waals surface area contributed by atoms with Crippen molar-refractivity contribution in [1.82, 2.24) is 5.32 Å². The quantitative estimate of drug-likeness (QED) is 0.811. The van der Waals surface area contributed by atoms with Crippen molar-refractivity contribution in [3.8, 4) is 0 Å². The van der Waals surface area contributed by atoms with E-state index in [-0.39, 0.29) is 11.9 Å². The molecule has 0 heterocycles. The van der Waals surface area contributed by atoms with Crippen molar-refractivity contribution in [3.05, 3.63) is 70.8 Å². The number of hydrogen-bond acceptors (Lipinski definition) is 2. The van der Waals surface area contributed by atoms with Gasteiger partial charge in [0.25, 0.3) is 0 Å². The fraction of sp³-hybridized carbons (Fsp3) is 0.350. The first-order valence-electron chi connectivity index (χ1n) is 8.00. The Hall–Kier alpha value is -1.74. The van der Waals surface area contributed by atoms with Gasteiger partial charge in [-0.1, -0.05) is 48.5 Å². The van der Waals surface area contributed by atoms with E-state index in [0.29, 0.717) is 11.0 Å². The monoisotopic (exact) mass is 327 g/mol. The van der Waals surface area contributed by atoms with Crippen LogP contribution in [0.5, 0.6) is 0 Å². The molecular formula is C20H25NOS. The Morgan fingerprint density at radius 2 is 1.70 bits per heavy atom. The van der Waals surface area contributed by atoms with Crippen LogP contribution >= 0.6 is 11.8 Å². The Morgan fingerprint density at radius 3 is 2.35 bits per heavy atom. The summed E-state index contributed by atoms with van der Waals surface area (Å²) < 4.78 is 0. The lowest BCUT2D eigenvalue weighted by atomic mass is 10.0. The molecule has 2 rings (SSSR count). The van der Waals surface area contributed by atoms with Gasteiger partial charge < -0.3 is 5.32 Å². The fourth-order valence-electron chi connectivity index (χ4n) is 2.42. The summed E-state index contributed by atoms with van der Waals surface area (Å²) in [6.07, 6.45) is 0. The topological polar surface area (TPSA) is 29.1 Å². The Kier molecular flexibility index (Phi) is 6.28. The van der Waals surface area contributed by atoms with E-state index < -0.39 is 0 Å². The van der Waals surface area contributed by atoms with Crippen LogP contribution in [0.1, 0.15) is 47.4 Å². The fourth-order valence-corrected chi connectivity index (χ4v) is 3.26. The highest BCUT2D eigenvalue weighted by Gasteiger charge is 2.12. The van der Waals surface area contributed by atoms with Crippen LogP contribution in [-0.4, -0.2) is 11.7 Å². The number of nitrogens with one attached hydrogen (secondary N) is 1. The van der Waals surface area contributed by atoms with Crippen LogP contribution in [0.15, 0.2) is 48.5 Å². The van der Waals surface area contributed by atoms with Crippen molar-refractivity contribution in [2.24, 2.45) is 0 Å². The van der Waals surface area contributed by atoms with Gasteiger partial charge in [-0.2, -0.15) is 0 Å². The van der Waals surface area contributed by atoms with Crippen molar-refractivity contribution in [2.75, 3.05) is 5.75 Å². The van der Waals surface area contributed by atoms with Crippen LogP contribution in [0.3, 0.4) is 0 Å². The summed E-state index contributed by atoms with van der Waals surface area (Å²) in [5, 5.41) is 3.41. The molecule has 2 atom stereocenters. The van der Waals surface area contributed by atoms with Gasteiger partial charge in [0, 0.05) is 5.25 Å². The number of carbonyl (C=O) groups excluding carboxylic acids is 1. The largest absolute Gasteiger partial charge is 0.349 e. The first kappa shape index (κ1) is 17.6. The maximum absolute atomic E-state index is 12.2. The smallest absolute Gasteiger partial charge is 0.230 e. The molecular weight excluding hydrogens is 302 g/mol. The van der Waals surface area contributed by atoms with Crippen molar-refractivity contribution in [3.63, 3.8) is 0 Å². The molecule has 0 aromatic heterocycles. The predicted molar refractivity (Wildman–Crippen MR) is 99.8 cm³/mol. The lowest BCUT2D eigenvalue weighted by Crippen LogP contribution is -2.28. The molecule has 0 unspecified atom stereocenters. The van der Waals surface area contributed by atoms with E-state index in [0.717, 1.165) is 5.56 Å². The van der Waals surface area contributed by atoms with E-state index in [1.54, 1.807) is 11.8 Å². The summed E-state index contributed by atoms with van der Waals surface area (Å²) in [5.74, 6) is 0.564. The summed E-state index contributed by atoms with van der Waals surface area (Å²) in [6.45, 7) is 8.38. The minimum absolute atomic E-state index is 0.0365. The minimum Gasteiger partial charge on any atom is -0.349 e. The number of thioether (sulfide) groups is 1. The highest BCUT2D eigenvalue weighted by molar-refractivity contribution is 8.00. The van der Waals surface area contributed by atoms with Gasteiger partial charge in [0.05, 0.1) is 11.8 Å². The van der Waals surface area contributed by atoms with Gasteiger partial charge in [-0.25, -0.2) is 0 Å². The van der Waals surface area contributed by atoms with Crippen LogP contribution in [0.4, 0.5) is 0 Å². The zero-order chi connectivity index (χ0) is 16.8. The molecule has 122 valence electrons. The Bertz CT molecular complexity index is 654. The van der Waals surface area contributed by atoms with Crippen molar-refractivity contribution in [2.45, 2.75) is 39.0 Å². The van der Waals surface area contributed by atoms with E-state index in [1.165, 1.54) is 16.7 Å². The number of benzene rings is 2. The van der Waals surface area contributed by atoms with E-state index in [2.05, 4.69) is 56.4 Å². The average molecular weight is 327 g/mol. The summed E-state index contributed by atoms with van der Waals surface area (Å²) in [6, 6.07) is 16.7. The zero-order valence-electron chi connectivity index (χ0n) is 14.3. The second kappa shape index (κ2) is 8.21. The maximum atomic E-state index is 12.2. The molecule has 0 bridgehead atoms. The molecule has 0 fully saturated rings.